The number of rotatable bonds is 7. The average Bonchev–Trinajstić information content (AvgIpc) is 2.80. The van der Waals surface area contributed by atoms with Crippen molar-refractivity contribution in [1.82, 2.24) is 0 Å². The Morgan fingerprint density at radius 3 is 1.38 bits per heavy atom. The average molecular weight is 460 g/mol. The number of ether oxygens (including phenoxy) is 1. The van der Waals surface area contributed by atoms with Crippen molar-refractivity contribution >= 4 is 23.0 Å². The summed E-state index contributed by atoms with van der Waals surface area (Å²) in [4.78, 5) is 19.2. The Morgan fingerprint density at radius 1 is 0.647 bits per heavy atom. The standard InChI is InChI=1S/C29H37N3O2/c1-19-16-21(30(3)4)10-13-24(19)28(25-14-11-22(31(5)6)17-20(25)2)26-15-12-23(32(7)8)18-27(26)29(33)34-9/h10-18,28H,1-9H3. The van der Waals surface area contributed by atoms with Crippen molar-refractivity contribution in [3.05, 3.63) is 88.0 Å². The molecule has 3 rings (SSSR count). The summed E-state index contributed by atoms with van der Waals surface area (Å²) in [6, 6.07) is 19.2. The second kappa shape index (κ2) is 10.2. The first-order chi connectivity index (χ1) is 16.0. The zero-order valence-electron chi connectivity index (χ0n) is 21.9. The van der Waals surface area contributed by atoms with Crippen LogP contribution in [0.5, 0.6) is 0 Å². The quantitative estimate of drug-likeness (QED) is 0.346. The number of carbonyl (C=O) groups excluding carboxylic acids is 1. The van der Waals surface area contributed by atoms with Gasteiger partial charge in [-0.15, -0.1) is 0 Å². The van der Waals surface area contributed by atoms with E-state index in [0.29, 0.717) is 5.56 Å². The molecule has 5 nitrogen and oxygen atoms in total. The maximum atomic E-state index is 13.0. The van der Waals surface area contributed by atoms with Gasteiger partial charge in [0.15, 0.2) is 0 Å². The van der Waals surface area contributed by atoms with Gasteiger partial charge in [-0.05, 0) is 78.1 Å². The summed E-state index contributed by atoms with van der Waals surface area (Å²) >= 11 is 0. The molecule has 0 N–H and O–H groups in total. The molecule has 0 heterocycles. The molecule has 0 saturated carbocycles. The lowest BCUT2D eigenvalue weighted by Gasteiger charge is -2.27. The molecule has 3 aromatic carbocycles. The zero-order valence-corrected chi connectivity index (χ0v) is 21.9. The lowest BCUT2D eigenvalue weighted by molar-refractivity contribution is 0.0599. The summed E-state index contributed by atoms with van der Waals surface area (Å²) in [5, 5.41) is 0. The van der Waals surface area contributed by atoms with E-state index < -0.39 is 0 Å². The van der Waals surface area contributed by atoms with Crippen molar-refractivity contribution in [2.75, 3.05) is 64.1 Å². The molecule has 0 atom stereocenters. The van der Waals surface area contributed by atoms with Crippen molar-refractivity contribution in [2.24, 2.45) is 0 Å². The highest BCUT2D eigenvalue weighted by Gasteiger charge is 2.26. The van der Waals surface area contributed by atoms with Gasteiger partial charge >= 0.3 is 5.97 Å². The minimum absolute atomic E-state index is 0.113. The van der Waals surface area contributed by atoms with Crippen LogP contribution in [0.4, 0.5) is 17.1 Å². The molecule has 180 valence electrons. The zero-order chi connectivity index (χ0) is 25.2. The normalized spacial score (nSPS) is 10.9. The van der Waals surface area contributed by atoms with E-state index in [2.05, 4.69) is 72.2 Å². The predicted octanol–water partition coefficient (Wildman–Crippen LogP) is 5.47. The van der Waals surface area contributed by atoms with Gasteiger partial charge in [0.2, 0.25) is 0 Å². The van der Waals surface area contributed by atoms with Gasteiger partial charge in [-0.1, -0.05) is 18.2 Å². The summed E-state index contributed by atoms with van der Waals surface area (Å²) in [7, 11) is 13.6. The number of benzene rings is 3. The third-order valence-electron chi connectivity index (χ3n) is 6.43. The van der Waals surface area contributed by atoms with E-state index in [1.165, 1.54) is 29.4 Å². The van der Waals surface area contributed by atoms with Crippen LogP contribution in [0, 0.1) is 13.8 Å². The smallest absolute Gasteiger partial charge is 0.338 e. The summed E-state index contributed by atoms with van der Waals surface area (Å²) in [5.41, 5.74) is 9.50. The number of anilines is 3. The topological polar surface area (TPSA) is 36.0 Å². The van der Waals surface area contributed by atoms with Crippen molar-refractivity contribution < 1.29 is 9.53 Å². The second-order valence-electron chi connectivity index (χ2n) is 9.46. The van der Waals surface area contributed by atoms with Crippen LogP contribution in [0.25, 0.3) is 0 Å². The minimum atomic E-state index is -0.325. The van der Waals surface area contributed by atoms with Crippen LogP contribution in [0.3, 0.4) is 0 Å². The molecule has 0 spiro atoms. The van der Waals surface area contributed by atoms with Crippen molar-refractivity contribution in [1.29, 1.82) is 0 Å². The number of methoxy groups -OCH3 is 1. The molecule has 0 radical (unpaired) electrons. The first kappa shape index (κ1) is 25.2. The Labute approximate surface area is 204 Å². The van der Waals surface area contributed by atoms with Crippen molar-refractivity contribution in [2.45, 2.75) is 19.8 Å². The summed E-state index contributed by atoms with van der Waals surface area (Å²) in [5.74, 6) is -0.438. The fraction of sp³-hybridized carbons (Fsp3) is 0.345. The molecule has 0 saturated heterocycles. The molecular weight excluding hydrogens is 422 g/mol. The Hall–Kier alpha value is -3.47. The molecule has 3 aromatic rings. The highest BCUT2D eigenvalue weighted by atomic mass is 16.5. The molecule has 0 bridgehead atoms. The molecule has 0 aromatic heterocycles. The highest BCUT2D eigenvalue weighted by molar-refractivity contribution is 5.93. The van der Waals surface area contributed by atoms with Gasteiger partial charge in [-0.2, -0.15) is 0 Å². The molecule has 0 aliphatic heterocycles. The first-order valence-corrected chi connectivity index (χ1v) is 11.5. The number of aryl methyl sites for hydroxylation is 2. The maximum Gasteiger partial charge on any atom is 0.338 e. The summed E-state index contributed by atoms with van der Waals surface area (Å²) in [6.07, 6.45) is 0. The van der Waals surface area contributed by atoms with E-state index >= 15 is 0 Å². The fourth-order valence-electron chi connectivity index (χ4n) is 4.39. The first-order valence-electron chi connectivity index (χ1n) is 11.5. The lowest BCUT2D eigenvalue weighted by Crippen LogP contribution is -2.17. The summed E-state index contributed by atoms with van der Waals surface area (Å²) < 4.78 is 5.22. The molecule has 0 unspecified atom stereocenters. The van der Waals surface area contributed by atoms with Gasteiger partial charge in [0.05, 0.1) is 12.7 Å². The number of hydrogen-bond donors (Lipinski definition) is 0. The number of nitrogens with zero attached hydrogens (tertiary/aromatic N) is 3. The molecule has 0 aliphatic rings. The van der Waals surface area contributed by atoms with E-state index in [9.17, 15) is 4.79 Å². The van der Waals surface area contributed by atoms with Gasteiger partial charge in [-0.3, -0.25) is 0 Å². The lowest BCUT2D eigenvalue weighted by atomic mass is 9.79. The highest BCUT2D eigenvalue weighted by Crippen LogP contribution is 2.40. The molecule has 0 aliphatic carbocycles. The monoisotopic (exact) mass is 459 g/mol. The Morgan fingerprint density at radius 2 is 1.03 bits per heavy atom. The minimum Gasteiger partial charge on any atom is -0.465 e. The SMILES string of the molecule is COC(=O)c1cc(N(C)C)ccc1C(c1ccc(N(C)C)cc1C)c1ccc(N(C)C)cc1C. The van der Waals surface area contributed by atoms with Crippen LogP contribution in [-0.2, 0) is 4.74 Å². The molecule has 34 heavy (non-hydrogen) atoms. The van der Waals surface area contributed by atoms with Gasteiger partial charge < -0.3 is 19.4 Å². The van der Waals surface area contributed by atoms with Crippen LogP contribution in [0.15, 0.2) is 54.6 Å². The Bertz CT molecular complexity index is 1120. The third kappa shape index (κ3) is 5.04. The maximum absolute atomic E-state index is 13.0. The predicted molar refractivity (Wildman–Crippen MR) is 144 cm³/mol. The fourth-order valence-corrected chi connectivity index (χ4v) is 4.39. The second-order valence-corrected chi connectivity index (χ2v) is 9.46. The number of esters is 1. The number of hydrogen-bond acceptors (Lipinski definition) is 5. The van der Waals surface area contributed by atoms with Crippen molar-refractivity contribution in [3.8, 4) is 0 Å². The van der Waals surface area contributed by atoms with Crippen LogP contribution in [-0.4, -0.2) is 55.4 Å². The largest absolute Gasteiger partial charge is 0.465 e. The molecular formula is C29H37N3O2. The van der Waals surface area contributed by atoms with Crippen LogP contribution in [0.1, 0.15) is 44.1 Å². The van der Waals surface area contributed by atoms with E-state index in [-0.39, 0.29) is 11.9 Å². The molecule has 5 heteroatoms. The number of carbonyl (C=O) groups is 1. The van der Waals surface area contributed by atoms with Crippen molar-refractivity contribution in [3.63, 3.8) is 0 Å². The Balaban J connectivity index is 2.33. The van der Waals surface area contributed by atoms with E-state index in [1.807, 2.05) is 53.3 Å². The summed E-state index contributed by atoms with van der Waals surface area (Å²) in [6.45, 7) is 4.29. The van der Waals surface area contributed by atoms with Gasteiger partial charge in [-0.25, -0.2) is 4.79 Å². The molecule has 0 fully saturated rings. The van der Waals surface area contributed by atoms with Gasteiger partial charge in [0.1, 0.15) is 0 Å². The molecule has 0 amide bonds. The van der Waals surface area contributed by atoms with E-state index in [1.54, 1.807) is 0 Å². The Kier molecular flexibility index (Phi) is 7.55. The van der Waals surface area contributed by atoms with Crippen LogP contribution >= 0.6 is 0 Å². The van der Waals surface area contributed by atoms with E-state index in [0.717, 1.165) is 22.6 Å². The third-order valence-corrected chi connectivity index (χ3v) is 6.43. The van der Waals surface area contributed by atoms with E-state index in [4.69, 9.17) is 4.74 Å². The van der Waals surface area contributed by atoms with Gasteiger partial charge in [0.25, 0.3) is 0 Å². The van der Waals surface area contributed by atoms with Crippen LogP contribution in [0.2, 0.25) is 0 Å². The van der Waals surface area contributed by atoms with Crippen LogP contribution < -0.4 is 14.7 Å². The van der Waals surface area contributed by atoms with Gasteiger partial charge in [0, 0.05) is 65.3 Å².